The summed E-state index contributed by atoms with van der Waals surface area (Å²) in [6.07, 6.45) is 1.75. The van der Waals surface area contributed by atoms with Crippen LogP contribution in [0.3, 0.4) is 0 Å². The van der Waals surface area contributed by atoms with Crippen LogP contribution in [0.25, 0.3) is 11.0 Å². The molecule has 1 aliphatic heterocycles. The van der Waals surface area contributed by atoms with Gasteiger partial charge in [-0.05, 0) is 42.7 Å². The average Bonchev–Trinajstić information content (AvgIpc) is 3.52. The number of rotatable bonds is 5. The quantitative estimate of drug-likeness (QED) is 0.516. The minimum atomic E-state index is -1.40. The van der Waals surface area contributed by atoms with Crippen molar-refractivity contribution in [3.8, 4) is 5.75 Å². The van der Waals surface area contributed by atoms with Crippen molar-refractivity contribution in [3.63, 3.8) is 0 Å². The number of nitrogens with one attached hydrogen (secondary N) is 1. The summed E-state index contributed by atoms with van der Waals surface area (Å²) in [5.41, 5.74) is -0.0978. The number of carboxylic acid groups (broad SMARTS) is 1. The SMILES string of the molecule is COc1ccc(C2(C(=O)N3C[C@H](F)C[C@@H]3C(=O)Nc3ccc4c(cnn4C(=O)O)n3)CCCCC2)cc1F. The second-order valence-corrected chi connectivity index (χ2v) is 9.73. The maximum atomic E-state index is 14.7. The lowest BCUT2D eigenvalue weighted by Crippen LogP contribution is -2.52. The lowest BCUT2D eigenvalue weighted by Gasteiger charge is -2.40. The smallest absolute Gasteiger partial charge is 0.432 e. The van der Waals surface area contributed by atoms with Crippen molar-refractivity contribution in [3.05, 3.63) is 47.9 Å². The Kier molecular flexibility index (Phi) is 6.72. The highest BCUT2D eigenvalue weighted by Crippen LogP contribution is 2.43. The summed E-state index contributed by atoms with van der Waals surface area (Å²) in [6.45, 7) is -0.241. The number of pyridine rings is 1. The van der Waals surface area contributed by atoms with E-state index in [1.165, 1.54) is 42.5 Å². The Labute approximate surface area is 216 Å². The lowest BCUT2D eigenvalue weighted by atomic mass is 9.68. The first-order valence-electron chi connectivity index (χ1n) is 12.4. The molecule has 2 atom stereocenters. The van der Waals surface area contributed by atoms with Crippen LogP contribution in [-0.2, 0) is 15.0 Å². The molecule has 10 nitrogen and oxygen atoms in total. The van der Waals surface area contributed by atoms with Crippen LogP contribution in [0, 0.1) is 5.82 Å². The standard InChI is InChI=1S/C26H27F2N5O5/c1-38-21-7-5-15(11-17(21)28)26(9-3-2-4-10-26)24(35)32-14-16(27)12-20(32)23(34)31-22-8-6-19-18(30-22)13-29-33(19)25(36)37/h5-8,11,13,16,20H,2-4,9-10,12,14H2,1H3,(H,36,37)(H,30,31,34)/t16-,20-/m1/s1. The predicted octanol–water partition coefficient (Wildman–Crippen LogP) is 3.88. The lowest BCUT2D eigenvalue weighted by molar-refractivity contribution is -0.143. The van der Waals surface area contributed by atoms with E-state index in [0.29, 0.717) is 18.4 Å². The van der Waals surface area contributed by atoms with Gasteiger partial charge in [-0.3, -0.25) is 9.59 Å². The number of amides is 2. The Morgan fingerprint density at radius 1 is 1.16 bits per heavy atom. The van der Waals surface area contributed by atoms with Crippen LogP contribution in [0.2, 0.25) is 0 Å². The van der Waals surface area contributed by atoms with Crippen molar-refractivity contribution < 1.29 is 33.0 Å². The van der Waals surface area contributed by atoms with E-state index < -0.39 is 41.4 Å². The molecule has 1 aromatic carbocycles. The molecule has 38 heavy (non-hydrogen) atoms. The summed E-state index contributed by atoms with van der Waals surface area (Å²) in [6, 6.07) is 6.23. The van der Waals surface area contributed by atoms with Crippen molar-refractivity contribution in [1.29, 1.82) is 0 Å². The number of likely N-dealkylation sites (tertiary alicyclic amines) is 1. The number of anilines is 1. The van der Waals surface area contributed by atoms with Crippen LogP contribution in [0.1, 0.15) is 44.1 Å². The Morgan fingerprint density at radius 2 is 1.92 bits per heavy atom. The number of hydrogen-bond donors (Lipinski definition) is 2. The van der Waals surface area contributed by atoms with Crippen LogP contribution in [0.4, 0.5) is 19.4 Å². The van der Waals surface area contributed by atoms with Gasteiger partial charge < -0.3 is 20.1 Å². The molecule has 2 N–H and O–H groups in total. The first kappa shape index (κ1) is 25.6. The van der Waals surface area contributed by atoms with E-state index in [1.54, 1.807) is 6.07 Å². The fourth-order valence-electron chi connectivity index (χ4n) is 5.63. The maximum absolute atomic E-state index is 14.7. The zero-order valence-electron chi connectivity index (χ0n) is 20.7. The van der Waals surface area contributed by atoms with Gasteiger partial charge in [0.1, 0.15) is 23.5 Å². The Morgan fingerprint density at radius 3 is 2.61 bits per heavy atom. The van der Waals surface area contributed by atoms with Crippen molar-refractivity contribution >= 4 is 34.8 Å². The van der Waals surface area contributed by atoms with Gasteiger partial charge in [-0.2, -0.15) is 9.78 Å². The van der Waals surface area contributed by atoms with E-state index in [1.807, 2.05) is 0 Å². The van der Waals surface area contributed by atoms with Gasteiger partial charge in [-0.25, -0.2) is 18.6 Å². The Bertz CT molecular complexity index is 1400. The van der Waals surface area contributed by atoms with Gasteiger partial charge in [0.15, 0.2) is 11.6 Å². The molecule has 1 saturated carbocycles. The van der Waals surface area contributed by atoms with Gasteiger partial charge in [0.25, 0.3) is 0 Å². The monoisotopic (exact) mass is 527 g/mol. The molecule has 3 aromatic rings. The number of halogens is 2. The Hall–Kier alpha value is -4.09. The first-order valence-corrected chi connectivity index (χ1v) is 12.4. The third-order valence-corrected chi connectivity index (χ3v) is 7.49. The average molecular weight is 528 g/mol. The molecule has 2 aliphatic rings. The molecule has 2 fully saturated rings. The highest BCUT2D eigenvalue weighted by molar-refractivity contribution is 5.99. The molecule has 3 heterocycles. The zero-order chi connectivity index (χ0) is 27.0. The van der Waals surface area contributed by atoms with Crippen LogP contribution < -0.4 is 10.1 Å². The largest absolute Gasteiger partial charge is 0.494 e. The number of carbonyl (C=O) groups is 3. The zero-order valence-corrected chi connectivity index (χ0v) is 20.7. The van der Waals surface area contributed by atoms with E-state index in [-0.39, 0.29) is 35.6 Å². The summed E-state index contributed by atoms with van der Waals surface area (Å²) in [5, 5.41) is 15.6. The fourth-order valence-corrected chi connectivity index (χ4v) is 5.63. The number of fused-ring (bicyclic) bond motifs is 1. The molecule has 0 spiro atoms. The predicted molar refractivity (Wildman–Crippen MR) is 132 cm³/mol. The third-order valence-electron chi connectivity index (χ3n) is 7.49. The minimum Gasteiger partial charge on any atom is -0.494 e. The number of alkyl halides is 1. The topological polar surface area (TPSA) is 127 Å². The van der Waals surface area contributed by atoms with E-state index in [0.717, 1.165) is 23.9 Å². The second-order valence-electron chi connectivity index (χ2n) is 9.73. The normalized spacial score (nSPS) is 20.9. The molecular weight excluding hydrogens is 500 g/mol. The summed E-state index contributed by atoms with van der Waals surface area (Å²) in [7, 11) is 1.36. The van der Waals surface area contributed by atoms with Crippen LogP contribution in [0.5, 0.6) is 5.75 Å². The van der Waals surface area contributed by atoms with Gasteiger partial charge in [-0.1, -0.05) is 25.3 Å². The molecule has 2 aromatic heterocycles. The number of nitrogens with zero attached hydrogens (tertiary/aromatic N) is 4. The van der Waals surface area contributed by atoms with Crippen molar-refractivity contribution in [1.82, 2.24) is 19.7 Å². The molecular formula is C26H27F2N5O5. The summed E-state index contributed by atoms with van der Waals surface area (Å²) < 4.78 is 35.1. The number of aromatic nitrogens is 3. The number of benzene rings is 1. The first-order chi connectivity index (χ1) is 18.2. The van der Waals surface area contributed by atoms with Crippen molar-refractivity contribution in [2.75, 3.05) is 19.0 Å². The molecule has 0 unspecified atom stereocenters. The minimum absolute atomic E-state index is 0.0628. The highest BCUT2D eigenvalue weighted by atomic mass is 19.1. The van der Waals surface area contributed by atoms with E-state index >= 15 is 0 Å². The molecule has 12 heteroatoms. The number of carbonyl (C=O) groups excluding carboxylic acids is 2. The second kappa shape index (κ2) is 9.99. The fraction of sp³-hybridized carbons (Fsp3) is 0.423. The van der Waals surface area contributed by atoms with Gasteiger partial charge in [-0.15, -0.1) is 0 Å². The van der Waals surface area contributed by atoms with Gasteiger partial charge >= 0.3 is 6.09 Å². The number of methoxy groups -OCH3 is 1. The summed E-state index contributed by atoms with van der Waals surface area (Å²) in [4.78, 5) is 44.1. The molecule has 2 amide bonds. The van der Waals surface area contributed by atoms with E-state index in [2.05, 4.69) is 15.4 Å². The summed E-state index contributed by atoms with van der Waals surface area (Å²) >= 11 is 0. The molecule has 1 aliphatic carbocycles. The molecule has 1 saturated heterocycles. The Balaban J connectivity index is 1.42. The molecule has 0 radical (unpaired) electrons. The van der Waals surface area contributed by atoms with Gasteiger partial charge in [0, 0.05) is 6.42 Å². The van der Waals surface area contributed by atoms with E-state index in [4.69, 9.17) is 4.74 Å². The summed E-state index contributed by atoms with van der Waals surface area (Å²) in [5.74, 6) is -1.41. The third kappa shape index (κ3) is 4.44. The van der Waals surface area contributed by atoms with Gasteiger partial charge in [0.05, 0.1) is 30.8 Å². The number of hydrogen-bond acceptors (Lipinski definition) is 6. The maximum Gasteiger partial charge on any atom is 0.432 e. The van der Waals surface area contributed by atoms with Crippen molar-refractivity contribution in [2.45, 2.75) is 56.2 Å². The molecule has 200 valence electrons. The van der Waals surface area contributed by atoms with Crippen LogP contribution >= 0.6 is 0 Å². The molecule has 0 bridgehead atoms. The van der Waals surface area contributed by atoms with Gasteiger partial charge in [0.2, 0.25) is 11.8 Å². The molecule has 5 rings (SSSR count). The number of ether oxygens (including phenoxy) is 1. The van der Waals surface area contributed by atoms with E-state index in [9.17, 15) is 28.3 Å². The van der Waals surface area contributed by atoms with Crippen molar-refractivity contribution in [2.24, 2.45) is 0 Å². The highest BCUT2D eigenvalue weighted by Gasteiger charge is 2.49. The van der Waals surface area contributed by atoms with Crippen LogP contribution in [0.15, 0.2) is 36.5 Å². The van der Waals surface area contributed by atoms with Crippen LogP contribution in [-0.4, -0.2) is 68.5 Å².